The van der Waals surface area contributed by atoms with E-state index in [-0.39, 0.29) is 80.9 Å². The normalized spacial score (nSPS) is 21.0. The summed E-state index contributed by atoms with van der Waals surface area (Å²) < 4.78 is 91.7. The van der Waals surface area contributed by atoms with E-state index in [9.17, 15) is 37.2 Å². The molecule has 420 valence electrons. The number of methoxy groups -OCH3 is 2. The van der Waals surface area contributed by atoms with E-state index in [4.69, 9.17) is 14.2 Å². The van der Waals surface area contributed by atoms with Gasteiger partial charge in [0.25, 0.3) is 21.8 Å². The van der Waals surface area contributed by atoms with E-state index in [1.54, 1.807) is 25.1 Å². The molecule has 10 rings (SSSR count). The van der Waals surface area contributed by atoms with Gasteiger partial charge in [0.15, 0.2) is 17.3 Å². The lowest BCUT2D eigenvalue weighted by atomic mass is 9.59. The number of piperazine rings is 1. The van der Waals surface area contributed by atoms with Crippen LogP contribution < -0.4 is 29.1 Å². The predicted molar refractivity (Wildman–Crippen MR) is 291 cm³/mol. The van der Waals surface area contributed by atoms with Crippen molar-refractivity contribution in [2.45, 2.75) is 107 Å². The van der Waals surface area contributed by atoms with Crippen molar-refractivity contribution in [1.82, 2.24) is 29.5 Å². The molecular weight excluding hydrogens is 1040 g/mol. The summed E-state index contributed by atoms with van der Waals surface area (Å²) in [5.74, 6) is -3.67. The molecule has 5 heterocycles. The maximum atomic E-state index is 15.3. The van der Waals surface area contributed by atoms with Crippen molar-refractivity contribution in [2.75, 3.05) is 63.7 Å². The number of carbonyl (C=O) groups excluding carboxylic acids is 1. The van der Waals surface area contributed by atoms with Gasteiger partial charge < -0.3 is 34.5 Å². The first-order chi connectivity index (χ1) is 37.7. The monoisotopic (exact) mass is 1110 g/mol. The standard InChI is InChI=1S/C57H66F3N9O9S/c1-34(2)40-8-6-7-9-41(40)46-33-66(32-36-10-13-47(76-4)51(60)50(36)59)22-23-68(46)38-27-57(28-38)18-20-67(21-19-57)37-11-12-42(48(24-37)78-49-26-43-44(58)31-63-52(43)64-55(49)77-5)54(70)65-79(74,75)39-25-45(69(72)73)53(62-30-39)61-29-35-14-16-56(3,71)17-15-35/h6-13,24-26,30-31,34-35,38,46,71H,14-23,27-29,32-33H2,1-5H3,(H,61,62)(H,63,64)(H,65,70)/t35?,46-,56?/m0/s1. The molecule has 1 atom stereocenters. The number of aromatic amines is 1. The summed E-state index contributed by atoms with van der Waals surface area (Å²) >= 11 is 0. The molecule has 2 aliphatic heterocycles. The van der Waals surface area contributed by atoms with Crippen LogP contribution in [0.3, 0.4) is 0 Å². The Balaban J connectivity index is 0.858. The summed E-state index contributed by atoms with van der Waals surface area (Å²) in [5.41, 5.74) is 2.13. The van der Waals surface area contributed by atoms with Gasteiger partial charge in [0.05, 0.1) is 41.9 Å². The largest absolute Gasteiger partial charge is 0.494 e. The first-order valence-corrected chi connectivity index (χ1v) is 28.3. The summed E-state index contributed by atoms with van der Waals surface area (Å²) in [5, 5.41) is 25.6. The lowest BCUT2D eigenvalue weighted by Gasteiger charge is -2.58. The molecule has 0 unspecified atom stereocenters. The van der Waals surface area contributed by atoms with Gasteiger partial charge in [-0.25, -0.2) is 26.9 Å². The summed E-state index contributed by atoms with van der Waals surface area (Å²) in [6.45, 7) is 10.1. The Morgan fingerprint density at radius 1 is 0.937 bits per heavy atom. The molecule has 1 amide bonds. The molecule has 79 heavy (non-hydrogen) atoms. The van der Waals surface area contributed by atoms with Gasteiger partial charge in [-0.3, -0.25) is 24.7 Å². The fraction of sp³-hybridized carbons (Fsp3) is 0.456. The van der Waals surface area contributed by atoms with E-state index in [0.29, 0.717) is 70.1 Å². The molecule has 3 aromatic heterocycles. The maximum absolute atomic E-state index is 15.3. The highest BCUT2D eigenvalue weighted by Gasteiger charge is 2.50. The molecule has 4 aliphatic rings. The van der Waals surface area contributed by atoms with Gasteiger partial charge in [0, 0.05) is 93.5 Å². The first kappa shape index (κ1) is 55.3. The second-order valence-electron chi connectivity index (χ2n) is 22.2. The number of carbonyl (C=O) groups is 1. The van der Waals surface area contributed by atoms with E-state index < -0.39 is 54.5 Å². The number of sulfonamides is 1. The third kappa shape index (κ3) is 11.6. The number of H-pyrrole nitrogens is 1. The zero-order chi connectivity index (χ0) is 56.0. The van der Waals surface area contributed by atoms with Gasteiger partial charge in [-0.05, 0) is 105 Å². The average molecular weight is 1110 g/mol. The van der Waals surface area contributed by atoms with Crippen LogP contribution in [-0.2, 0) is 16.6 Å². The van der Waals surface area contributed by atoms with Gasteiger partial charge in [0.1, 0.15) is 22.1 Å². The number of pyridine rings is 2. The molecule has 22 heteroatoms. The van der Waals surface area contributed by atoms with Crippen molar-refractivity contribution in [3.8, 4) is 23.1 Å². The number of nitrogens with zero attached hydrogens (tertiary/aromatic N) is 6. The number of nitrogens with one attached hydrogen (secondary N) is 3. The van der Waals surface area contributed by atoms with E-state index in [1.807, 2.05) is 4.72 Å². The number of amides is 1. The zero-order valence-corrected chi connectivity index (χ0v) is 45.7. The molecule has 1 spiro atoms. The molecule has 0 radical (unpaired) electrons. The van der Waals surface area contributed by atoms with Gasteiger partial charge in [-0.2, -0.15) is 9.37 Å². The molecule has 2 saturated carbocycles. The molecule has 4 N–H and O–H groups in total. The number of benzene rings is 3. The smallest absolute Gasteiger partial charge is 0.312 e. The first-order valence-electron chi connectivity index (χ1n) is 26.8. The predicted octanol–water partition coefficient (Wildman–Crippen LogP) is 10.00. The number of nitro groups is 1. The highest BCUT2D eigenvalue weighted by atomic mass is 32.2. The van der Waals surface area contributed by atoms with Crippen molar-refractivity contribution in [3.63, 3.8) is 0 Å². The number of halogens is 3. The molecule has 2 aliphatic carbocycles. The number of piperidine rings is 1. The van der Waals surface area contributed by atoms with Crippen LogP contribution in [0.1, 0.15) is 111 Å². The Labute approximate surface area is 456 Å². The number of ether oxygens (including phenoxy) is 3. The minimum atomic E-state index is -4.77. The topological polar surface area (TPSA) is 218 Å². The van der Waals surface area contributed by atoms with E-state index in [2.05, 4.69) is 73.1 Å². The Bertz CT molecular complexity index is 3370. The van der Waals surface area contributed by atoms with Crippen LogP contribution in [0.2, 0.25) is 0 Å². The van der Waals surface area contributed by atoms with Crippen LogP contribution in [0, 0.1) is 38.9 Å². The van der Waals surface area contributed by atoms with Gasteiger partial charge in [-0.1, -0.05) is 44.2 Å². The molecular formula is C57H66F3N9O9S. The van der Waals surface area contributed by atoms with E-state index in [0.717, 1.165) is 50.7 Å². The van der Waals surface area contributed by atoms with Crippen LogP contribution in [0.4, 0.5) is 30.4 Å². The van der Waals surface area contributed by atoms with Crippen LogP contribution in [0.15, 0.2) is 84.0 Å². The summed E-state index contributed by atoms with van der Waals surface area (Å²) in [4.78, 5) is 43.2. The number of rotatable bonds is 17. The Kier molecular flexibility index (Phi) is 15.6. The summed E-state index contributed by atoms with van der Waals surface area (Å²) in [6, 6.07) is 18.9. The Hall–Kier alpha value is -7.01. The number of anilines is 2. The van der Waals surface area contributed by atoms with Crippen molar-refractivity contribution in [3.05, 3.63) is 129 Å². The third-order valence-corrected chi connectivity index (χ3v) is 18.0. The SMILES string of the molecule is COc1ccc(CN2CCN(C3CC4(CCN(c5ccc(C(=O)NS(=O)(=O)c6cnc(NCC7CCC(C)(O)CC7)c([N+](=O)[O-])c6)c(Oc6cc7c(F)c[nH]c7nc6OC)c5)CC4)C3)[C@H](c3ccccc3C(C)C)C2)c(F)c1F. The third-order valence-electron chi connectivity index (χ3n) is 16.7. The fourth-order valence-electron chi connectivity index (χ4n) is 12.1. The minimum Gasteiger partial charge on any atom is -0.494 e. The van der Waals surface area contributed by atoms with Gasteiger partial charge in [-0.15, -0.1) is 0 Å². The van der Waals surface area contributed by atoms with Crippen LogP contribution in [0.25, 0.3) is 11.0 Å². The van der Waals surface area contributed by atoms with E-state index in [1.165, 1.54) is 43.5 Å². The number of hydrogen-bond acceptors (Lipinski definition) is 15. The molecule has 18 nitrogen and oxygen atoms in total. The van der Waals surface area contributed by atoms with Crippen molar-refractivity contribution < 1.29 is 50.6 Å². The highest BCUT2D eigenvalue weighted by molar-refractivity contribution is 7.90. The minimum absolute atomic E-state index is 0.0315. The summed E-state index contributed by atoms with van der Waals surface area (Å²) in [7, 11) is -2.11. The molecule has 6 aromatic rings. The molecule has 3 aromatic carbocycles. The highest BCUT2D eigenvalue weighted by Crippen LogP contribution is 2.54. The van der Waals surface area contributed by atoms with Crippen molar-refractivity contribution in [1.29, 1.82) is 0 Å². The zero-order valence-electron chi connectivity index (χ0n) is 44.9. The van der Waals surface area contributed by atoms with Crippen molar-refractivity contribution >= 4 is 44.2 Å². The number of aromatic nitrogens is 3. The van der Waals surface area contributed by atoms with Crippen LogP contribution >= 0.6 is 0 Å². The lowest BCUT2D eigenvalue weighted by Crippen LogP contribution is -2.60. The quantitative estimate of drug-likeness (QED) is 0.0494. The number of hydrogen-bond donors (Lipinski definition) is 4. The Morgan fingerprint density at radius 3 is 2.39 bits per heavy atom. The van der Waals surface area contributed by atoms with Gasteiger partial charge >= 0.3 is 5.69 Å². The van der Waals surface area contributed by atoms with Crippen LogP contribution in [-0.4, -0.2) is 114 Å². The maximum Gasteiger partial charge on any atom is 0.312 e. The second kappa shape index (κ2) is 22.3. The Morgan fingerprint density at radius 2 is 1.68 bits per heavy atom. The summed E-state index contributed by atoms with van der Waals surface area (Å²) in [6.07, 6.45) is 8.32. The second-order valence-corrected chi connectivity index (χ2v) is 23.9. The van der Waals surface area contributed by atoms with Crippen LogP contribution in [0.5, 0.6) is 23.1 Å². The molecule has 4 fully saturated rings. The molecule has 0 bridgehead atoms. The molecule has 2 saturated heterocycles. The average Bonchev–Trinajstić information content (AvgIpc) is 3.82. The number of fused-ring (bicyclic) bond motifs is 1. The van der Waals surface area contributed by atoms with E-state index >= 15 is 4.39 Å². The van der Waals surface area contributed by atoms with Crippen molar-refractivity contribution in [2.24, 2.45) is 11.3 Å². The number of aliphatic hydroxyl groups is 1. The lowest BCUT2D eigenvalue weighted by molar-refractivity contribution is -0.384. The van der Waals surface area contributed by atoms with Gasteiger partial charge in [0.2, 0.25) is 11.6 Å². The fourth-order valence-corrected chi connectivity index (χ4v) is 13.0.